The lowest BCUT2D eigenvalue weighted by Crippen LogP contribution is -2.49. The van der Waals surface area contributed by atoms with Crippen LogP contribution in [0.25, 0.3) is 0 Å². The summed E-state index contributed by atoms with van der Waals surface area (Å²) in [5.41, 5.74) is 5.92. The lowest BCUT2D eigenvalue weighted by molar-refractivity contribution is -0.138. The fourth-order valence-corrected chi connectivity index (χ4v) is 2.21. The van der Waals surface area contributed by atoms with Gasteiger partial charge in [-0.2, -0.15) is 17.9 Å². The van der Waals surface area contributed by atoms with Crippen LogP contribution in [0.15, 0.2) is 30.3 Å². The molecule has 0 aromatic heterocycles. The normalized spacial score (nSPS) is 13.2. The maximum Gasteiger partial charge on any atom is 0.323 e. The molecule has 1 unspecified atom stereocenters. The number of hydrogen-bond acceptors (Lipinski definition) is 4. The molecule has 0 spiro atoms. The summed E-state index contributed by atoms with van der Waals surface area (Å²) in [6.45, 7) is -0.241. The third-order valence-corrected chi connectivity index (χ3v) is 3.26. The number of hydrogen-bond donors (Lipinski definition) is 4. The summed E-state index contributed by atoms with van der Waals surface area (Å²) in [4.78, 5) is 10.6. The summed E-state index contributed by atoms with van der Waals surface area (Å²) in [5.74, 6) is -1.32. The van der Waals surface area contributed by atoms with E-state index >= 15 is 0 Å². The minimum atomic E-state index is -3.90. The molecular formula is C10H15N3O4S. The van der Waals surface area contributed by atoms with E-state index in [0.717, 1.165) is 5.56 Å². The molecule has 0 radical (unpaired) electrons. The Labute approximate surface area is 105 Å². The maximum absolute atomic E-state index is 11.5. The predicted molar refractivity (Wildman–Crippen MR) is 65.8 cm³/mol. The molecule has 0 bridgehead atoms. The average molecular weight is 273 g/mol. The Morgan fingerprint density at radius 2 is 1.94 bits per heavy atom. The Kier molecular flexibility index (Phi) is 5.23. The first kappa shape index (κ1) is 14.6. The zero-order valence-corrected chi connectivity index (χ0v) is 10.4. The van der Waals surface area contributed by atoms with Gasteiger partial charge in [0, 0.05) is 13.1 Å². The summed E-state index contributed by atoms with van der Waals surface area (Å²) in [7, 11) is -3.90. The van der Waals surface area contributed by atoms with Crippen molar-refractivity contribution in [3.8, 4) is 0 Å². The molecule has 7 nitrogen and oxygen atoms in total. The molecule has 0 fully saturated rings. The largest absolute Gasteiger partial charge is 0.480 e. The van der Waals surface area contributed by atoms with Gasteiger partial charge in [0.25, 0.3) is 10.2 Å². The molecule has 0 heterocycles. The maximum atomic E-state index is 11.5. The second kappa shape index (κ2) is 6.45. The Balaban J connectivity index is 2.57. The number of aliphatic carboxylic acids is 1. The van der Waals surface area contributed by atoms with E-state index in [1.807, 2.05) is 10.8 Å². The first-order valence-corrected chi connectivity index (χ1v) is 6.66. The summed E-state index contributed by atoms with van der Waals surface area (Å²) in [6.07, 6.45) is 0. The van der Waals surface area contributed by atoms with Crippen molar-refractivity contribution < 1.29 is 18.3 Å². The number of carboxylic acids is 1. The van der Waals surface area contributed by atoms with Crippen molar-refractivity contribution in [2.45, 2.75) is 12.6 Å². The van der Waals surface area contributed by atoms with Crippen LogP contribution in [0.3, 0.4) is 0 Å². The van der Waals surface area contributed by atoms with Gasteiger partial charge in [0.2, 0.25) is 0 Å². The third kappa shape index (κ3) is 4.80. The fourth-order valence-electron chi connectivity index (χ4n) is 1.20. The molecule has 1 aromatic rings. The molecule has 1 aromatic carbocycles. The van der Waals surface area contributed by atoms with Gasteiger partial charge in [-0.3, -0.25) is 4.79 Å². The van der Waals surface area contributed by atoms with Crippen molar-refractivity contribution in [2.24, 2.45) is 5.73 Å². The van der Waals surface area contributed by atoms with E-state index in [1.54, 1.807) is 24.3 Å². The van der Waals surface area contributed by atoms with Gasteiger partial charge in [0.05, 0.1) is 0 Å². The molecule has 1 rings (SSSR count). The smallest absolute Gasteiger partial charge is 0.323 e. The summed E-state index contributed by atoms with van der Waals surface area (Å²) >= 11 is 0. The SMILES string of the molecule is NCC(NS(=O)(=O)NCc1ccccc1)C(=O)O. The summed E-state index contributed by atoms with van der Waals surface area (Å²) < 4.78 is 27.3. The second-order valence-corrected chi connectivity index (χ2v) is 5.09. The van der Waals surface area contributed by atoms with E-state index in [-0.39, 0.29) is 13.1 Å². The quantitative estimate of drug-likeness (QED) is 0.509. The van der Waals surface area contributed by atoms with Gasteiger partial charge in [-0.25, -0.2) is 0 Å². The third-order valence-electron chi connectivity index (χ3n) is 2.14. The first-order chi connectivity index (χ1) is 8.44. The zero-order valence-electron chi connectivity index (χ0n) is 9.54. The highest BCUT2D eigenvalue weighted by Gasteiger charge is 2.21. The van der Waals surface area contributed by atoms with Crippen LogP contribution < -0.4 is 15.2 Å². The van der Waals surface area contributed by atoms with Gasteiger partial charge < -0.3 is 10.8 Å². The molecular weight excluding hydrogens is 258 g/mol. The van der Waals surface area contributed by atoms with Crippen LogP contribution in [0, 0.1) is 0 Å². The molecule has 0 saturated heterocycles. The van der Waals surface area contributed by atoms with Crippen LogP contribution in [0.4, 0.5) is 0 Å². The van der Waals surface area contributed by atoms with E-state index in [0.29, 0.717) is 0 Å². The number of rotatable bonds is 7. The molecule has 5 N–H and O–H groups in total. The average Bonchev–Trinajstić information content (AvgIpc) is 2.35. The molecule has 1 atom stereocenters. The number of carbonyl (C=O) groups is 1. The van der Waals surface area contributed by atoms with Gasteiger partial charge in [-0.1, -0.05) is 30.3 Å². The number of nitrogens with one attached hydrogen (secondary N) is 2. The highest BCUT2D eigenvalue weighted by molar-refractivity contribution is 7.87. The van der Waals surface area contributed by atoms with E-state index in [2.05, 4.69) is 4.72 Å². The second-order valence-electron chi connectivity index (χ2n) is 3.55. The van der Waals surface area contributed by atoms with E-state index < -0.39 is 22.2 Å². The standard InChI is InChI=1S/C10H15N3O4S/c11-6-9(10(14)15)13-18(16,17)12-7-8-4-2-1-3-5-8/h1-5,9,12-13H,6-7,11H2,(H,14,15). The highest BCUT2D eigenvalue weighted by Crippen LogP contribution is 1.98. The van der Waals surface area contributed by atoms with Crippen LogP contribution in [0.2, 0.25) is 0 Å². The molecule has 8 heteroatoms. The lowest BCUT2D eigenvalue weighted by atomic mass is 10.2. The van der Waals surface area contributed by atoms with Crippen molar-refractivity contribution in [3.63, 3.8) is 0 Å². The van der Waals surface area contributed by atoms with Gasteiger partial charge in [0.15, 0.2) is 0 Å². The van der Waals surface area contributed by atoms with Gasteiger partial charge in [-0.05, 0) is 5.56 Å². The highest BCUT2D eigenvalue weighted by atomic mass is 32.2. The Bertz CT molecular complexity index is 489. The summed E-state index contributed by atoms with van der Waals surface area (Å²) in [5, 5.41) is 8.69. The van der Waals surface area contributed by atoms with Crippen molar-refractivity contribution in [2.75, 3.05) is 6.54 Å². The molecule has 0 aliphatic rings. The van der Waals surface area contributed by atoms with E-state index in [1.165, 1.54) is 0 Å². The predicted octanol–water partition coefficient (Wildman–Crippen LogP) is -0.977. The van der Waals surface area contributed by atoms with Crippen molar-refractivity contribution in [1.82, 2.24) is 9.44 Å². The van der Waals surface area contributed by atoms with Crippen molar-refractivity contribution >= 4 is 16.2 Å². The number of nitrogens with two attached hydrogens (primary N) is 1. The fraction of sp³-hybridized carbons (Fsp3) is 0.300. The summed E-state index contributed by atoms with van der Waals surface area (Å²) in [6, 6.07) is 7.53. The number of benzene rings is 1. The van der Waals surface area contributed by atoms with Crippen LogP contribution >= 0.6 is 0 Å². The molecule has 18 heavy (non-hydrogen) atoms. The Morgan fingerprint density at radius 3 is 2.44 bits per heavy atom. The van der Waals surface area contributed by atoms with Crippen LogP contribution in [0.1, 0.15) is 5.56 Å². The number of carboxylic acid groups (broad SMARTS) is 1. The van der Waals surface area contributed by atoms with E-state index in [9.17, 15) is 13.2 Å². The molecule has 0 saturated carbocycles. The zero-order chi connectivity index (χ0) is 13.6. The van der Waals surface area contributed by atoms with Gasteiger partial charge in [-0.15, -0.1) is 0 Å². The first-order valence-electron chi connectivity index (χ1n) is 5.18. The van der Waals surface area contributed by atoms with Crippen LogP contribution in [-0.2, 0) is 21.5 Å². The topological polar surface area (TPSA) is 122 Å². The van der Waals surface area contributed by atoms with Crippen molar-refractivity contribution in [1.29, 1.82) is 0 Å². The Hall–Kier alpha value is -1.48. The van der Waals surface area contributed by atoms with Crippen molar-refractivity contribution in [3.05, 3.63) is 35.9 Å². The monoisotopic (exact) mass is 273 g/mol. The molecule has 0 aliphatic heterocycles. The van der Waals surface area contributed by atoms with Crippen LogP contribution in [-0.4, -0.2) is 32.1 Å². The molecule has 0 amide bonds. The molecule has 100 valence electrons. The minimum absolute atomic E-state index is 0.0765. The van der Waals surface area contributed by atoms with Crippen LogP contribution in [0.5, 0.6) is 0 Å². The van der Waals surface area contributed by atoms with E-state index in [4.69, 9.17) is 10.8 Å². The molecule has 0 aliphatic carbocycles. The Morgan fingerprint density at radius 1 is 1.33 bits per heavy atom. The lowest BCUT2D eigenvalue weighted by Gasteiger charge is -2.13. The van der Waals surface area contributed by atoms with Gasteiger partial charge in [0.1, 0.15) is 6.04 Å². The minimum Gasteiger partial charge on any atom is -0.480 e. The van der Waals surface area contributed by atoms with Gasteiger partial charge >= 0.3 is 5.97 Å².